The van der Waals surface area contributed by atoms with Crippen molar-refractivity contribution in [3.8, 4) is 0 Å². The van der Waals surface area contributed by atoms with Crippen LogP contribution in [-0.4, -0.2) is 53.3 Å². The zero-order valence-corrected chi connectivity index (χ0v) is 15.5. The van der Waals surface area contributed by atoms with Crippen molar-refractivity contribution >= 4 is 20.2 Å². The summed E-state index contributed by atoms with van der Waals surface area (Å²) in [5.74, 6) is 0. The molecule has 2 atom stereocenters. The Kier molecular flexibility index (Phi) is 6.86. The average molecular weight is 474 g/mol. The second kappa shape index (κ2) is 8.35. The minimum atomic E-state index is -6.03. The standard InChI is InChI=1S/C13H12F6O8S2/c14-12(15,16)28(20,21)24-6-9-10(7-25-29(22,23)13(17,18)19)27-11(26-9)8-4-2-1-3-5-8/h1-5,9-11H,6-7H2/t9-,10-/m1/s1. The molecule has 16 heteroatoms. The number of benzene rings is 1. The van der Waals surface area contributed by atoms with E-state index in [1.54, 1.807) is 6.07 Å². The first-order chi connectivity index (χ1) is 13.1. The smallest absolute Gasteiger partial charge is 0.340 e. The minimum absolute atomic E-state index is 0.275. The van der Waals surface area contributed by atoms with E-state index in [0.717, 1.165) is 0 Å². The van der Waals surface area contributed by atoms with Crippen LogP contribution in [0.5, 0.6) is 0 Å². The van der Waals surface area contributed by atoms with Gasteiger partial charge in [-0.25, -0.2) is 0 Å². The summed E-state index contributed by atoms with van der Waals surface area (Å²) in [6, 6.07) is 7.49. The second-order valence-corrected chi connectivity index (χ2v) is 8.67. The third kappa shape index (κ3) is 5.79. The third-order valence-corrected chi connectivity index (χ3v) is 5.45. The number of alkyl halides is 6. The Morgan fingerprint density at radius 3 is 1.48 bits per heavy atom. The molecular weight excluding hydrogens is 462 g/mol. The van der Waals surface area contributed by atoms with Gasteiger partial charge < -0.3 is 9.47 Å². The molecule has 0 spiro atoms. The van der Waals surface area contributed by atoms with Crippen LogP contribution in [0.4, 0.5) is 26.3 Å². The van der Waals surface area contributed by atoms with E-state index in [0.29, 0.717) is 0 Å². The predicted molar refractivity (Wildman–Crippen MR) is 80.8 cm³/mol. The molecule has 1 heterocycles. The van der Waals surface area contributed by atoms with Crippen molar-refractivity contribution in [1.29, 1.82) is 0 Å². The van der Waals surface area contributed by atoms with Gasteiger partial charge in [-0.05, 0) is 0 Å². The number of ether oxygens (including phenoxy) is 2. The fourth-order valence-corrected chi connectivity index (χ4v) is 2.93. The Balaban J connectivity index is 2.16. The van der Waals surface area contributed by atoms with Gasteiger partial charge in [-0.3, -0.25) is 8.37 Å². The lowest BCUT2D eigenvalue weighted by molar-refractivity contribution is -0.0795. The van der Waals surface area contributed by atoms with Crippen molar-refractivity contribution in [2.24, 2.45) is 0 Å². The van der Waals surface area contributed by atoms with Crippen LogP contribution in [0, 0.1) is 0 Å². The summed E-state index contributed by atoms with van der Waals surface area (Å²) in [6.45, 7) is -2.63. The van der Waals surface area contributed by atoms with E-state index in [2.05, 4.69) is 8.37 Å². The van der Waals surface area contributed by atoms with E-state index in [1.165, 1.54) is 24.3 Å². The Labute approximate surface area is 160 Å². The molecule has 0 saturated carbocycles. The molecule has 0 unspecified atom stereocenters. The highest BCUT2D eigenvalue weighted by atomic mass is 32.2. The first-order valence-corrected chi connectivity index (χ1v) is 10.2. The zero-order chi connectivity index (χ0) is 22.1. The molecule has 0 bridgehead atoms. The Bertz CT molecular complexity index is 841. The average Bonchev–Trinajstić information content (AvgIpc) is 3.00. The highest BCUT2D eigenvalue weighted by Crippen LogP contribution is 2.34. The maximum atomic E-state index is 12.4. The van der Waals surface area contributed by atoms with Crippen molar-refractivity contribution in [3.63, 3.8) is 0 Å². The van der Waals surface area contributed by atoms with Gasteiger partial charge in [0.15, 0.2) is 6.29 Å². The molecule has 0 aromatic heterocycles. The second-order valence-electron chi connectivity index (χ2n) is 5.46. The van der Waals surface area contributed by atoms with Crippen LogP contribution in [0.2, 0.25) is 0 Å². The van der Waals surface area contributed by atoms with Gasteiger partial charge in [0.2, 0.25) is 0 Å². The van der Waals surface area contributed by atoms with Crippen LogP contribution in [0.3, 0.4) is 0 Å². The fourth-order valence-electron chi connectivity index (χ4n) is 2.03. The number of hydrogen-bond donors (Lipinski definition) is 0. The van der Waals surface area contributed by atoms with Crippen molar-refractivity contribution in [3.05, 3.63) is 35.9 Å². The molecule has 1 aromatic carbocycles. The lowest BCUT2D eigenvalue weighted by Gasteiger charge is -2.17. The number of hydrogen-bond acceptors (Lipinski definition) is 8. The van der Waals surface area contributed by atoms with Crippen LogP contribution in [0.1, 0.15) is 11.9 Å². The zero-order valence-electron chi connectivity index (χ0n) is 13.9. The molecule has 166 valence electrons. The molecule has 1 aliphatic heterocycles. The fraction of sp³-hybridized carbons (Fsp3) is 0.538. The van der Waals surface area contributed by atoms with E-state index >= 15 is 0 Å². The van der Waals surface area contributed by atoms with Crippen molar-refractivity contribution in [2.75, 3.05) is 13.2 Å². The summed E-state index contributed by atoms with van der Waals surface area (Å²) in [5, 5.41) is 0. The Hall–Kier alpha value is -1.46. The van der Waals surface area contributed by atoms with Gasteiger partial charge in [-0.1, -0.05) is 30.3 Å². The summed E-state index contributed by atoms with van der Waals surface area (Å²) in [5.41, 5.74) is -11.2. The molecule has 0 aliphatic carbocycles. The summed E-state index contributed by atoms with van der Waals surface area (Å²) in [4.78, 5) is 0. The monoisotopic (exact) mass is 474 g/mol. The lowest BCUT2D eigenvalue weighted by atomic mass is 10.2. The summed E-state index contributed by atoms with van der Waals surface area (Å²) < 4.78 is 136. The molecule has 0 N–H and O–H groups in total. The maximum absolute atomic E-state index is 12.4. The summed E-state index contributed by atoms with van der Waals surface area (Å²) in [6.07, 6.45) is -4.73. The molecular formula is C13H12F6O8S2. The molecule has 8 nitrogen and oxygen atoms in total. The molecule has 29 heavy (non-hydrogen) atoms. The van der Waals surface area contributed by atoms with Crippen LogP contribution in [0.25, 0.3) is 0 Å². The highest BCUT2D eigenvalue weighted by molar-refractivity contribution is 7.87. The molecule has 0 amide bonds. The maximum Gasteiger partial charge on any atom is 0.523 e. The molecule has 1 aromatic rings. The Morgan fingerprint density at radius 2 is 1.14 bits per heavy atom. The first kappa shape index (κ1) is 23.8. The third-order valence-electron chi connectivity index (χ3n) is 3.43. The summed E-state index contributed by atoms with van der Waals surface area (Å²) in [7, 11) is -12.1. The van der Waals surface area contributed by atoms with Gasteiger partial charge in [-0.15, -0.1) is 0 Å². The molecule has 1 fully saturated rings. The predicted octanol–water partition coefficient (Wildman–Crippen LogP) is 2.20. The SMILES string of the molecule is O=S(=O)(OC[C@H]1OC(c2ccccc2)O[C@@H]1COS(=O)(=O)C(F)(F)F)C(F)(F)F. The largest absolute Gasteiger partial charge is 0.523 e. The number of halogens is 6. The van der Waals surface area contributed by atoms with Gasteiger partial charge in [0, 0.05) is 5.56 Å². The topological polar surface area (TPSA) is 105 Å². The molecule has 2 rings (SSSR count). The quantitative estimate of drug-likeness (QED) is 0.337. The van der Waals surface area contributed by atoms with Crippen LogP contribution < -0.4 is 0 Å². The van der Waals surface area contributed by atoms with Gasteiger partial charge in [0.05, 0.1) is 13.2 Å². The van der Waals surface area contributed by atoms with Gasteiger partial charge >= 0.3 is 31.3 Å². The normalized spacial score (nSPS) is 22.1. The molecule has 1 aliphatic rings. The van der Waals surface area contributed by atoms with Gasteiger partial charge in [0.1, 0.15) is 12.2 Å². The van der Waals surface area contributed by atoms with Gasteiger partial charge in [-0.2, -0.15) is 43.2 Å². The van der Waals surface area contributed by atoms with Crippen molar-refractivity contribution in [1.82, 2.24) is 0 Å². The van der Waals surface area contributed by atoms with Crippen molar-refractivity contribution < 1.29 is 61.0 Å². The summed E-state index contributed by atoms with van der Waals surface area (Å²) >= 11 is 0. The molecule has 0 radical (unpaired) electrons. The van der Waals surface area contributed by atoms with Crippen LogP contribution in [0.15, 0.2) is 30.3 Å². The van der Waals surface area contributed by atoms with E-state index in [9.17, 15) is 43.2 Å². The molecule has 1 saturated heterocycles. The first-order valence-electron chi connectivity index (χ1n) is 7.41. The Morgan fingerprint density at radius 1 is 0.759 bits per heavy atom. The van der Waals surface area contributed by atoms with E-state index in [-0.39, 0.29) is 5.56 Å². The van der Waals surface area contributed by atoms with Crippen LogP contribution in [-0.2, 0) is 38.1 Å². The van der Waals surface area contributed by atoms with E-state index in [1.807, 2.05) is 0 Å². The van der Waals surface area contributed by atoms with Crippen molar-refractivity contribution in [2.45, 2.75) is 29.5 Å². The van der Waals surface area contributed by atoms with Gasteiger partial charge in [0.25, 0.3) is 0 Å². The van der Waals surface area contributed by atoms with Crippen LogP contribution >= 0.6 is 0 Å². The van der Waals surface area contributed by atoms with E-state index in [4.69, 9.17) is 9.47 Å². The number of rotatable bonds is 7. The lowest BCUT2D eigenvalue weighted by Crippen LogP contribution is -2.37. The minimum Gasteiger partial charge on any atom is -0.340 e. The highest BCUT2D eigenvalue weighted by Gasteiger charge is 2.50. The van der Waals surface area contributed by atoms with E-state index < -0.39 is 63.0 Å².